The summed E-state index contributed by atoms with van der Waals surface area (Å²) < 4.78 is 32.5. The predicted molar refractivity (Wildman–Crippen MR) is 178 cm³/mol. The number of imidazole rings is 1. The van der Waals surface area contributed by atoms with E-state index >= 15 is 0 Å². The van der Waals surface area contributed by atoms with Crippen molar-refractivity contribution in [3.05, 3.63) is 47.2 Å². The maximum absolute atomic E-state index is 14.1. The molecule has 47 heavy (non-hydrogen) atoms. The second kappa shape index (κ2) is 12.0. The van der Waals surface area contributed by atoms with E-state index in [1.165, 1.54) is 0 Å². The van der Waals surface area contributed by atoms with Crippen molar-refractivity contribution < 1.29 is 18.4 Å². The van der Waals surface area contributed by atoms with Gasteiger partial charge in [0.2, 0.25) is 5.91 Å². The zero-order valence-electron chi connectivity index (χ0n) is 27.8. The van der Waals surface area contributed by atoms with E-state index < -0.39 is 17.4 Å². The van der Waals surface area contributed by atoms with Crippen molar-refractivity contribution >= 4 is 33.9 Å². The van der Waals surface area contributed by atoms with Crippen molar-refractivity contribution in [2.24, 2.45) is 12.5 Å². The number of carbonyl (C=O) groups is 2. The summed E-state index contributed by atoms with van der Waals surface area (Å²) in [5, 5.41) is 7.37. The van der Waals surface area contributed by atoms with Crippen LogP contribution < -0.4 is 10.6 Å². The van der Waals surface area contributed by atoms with E-state index in [1.807, 2.05) is 40.0 Å². The van der Waals surface area contributed by atoms with Gasteiger partial charge in [0.25, 0.3) is 11.8 Å². The lowest BCUT2D eigenvalue weighted by molar-refractivity contribution is -0.130. The highest BCUT2D eigenvalue weighted by Gasteiger charge is 2.38. The first-order chi connectivity index (χ1) is 22.4. The summed E-state index contributed by atoms with van der Waals surface area (Å²) in [5.41, 5.74) is 5.45. The monoisotopic (exact) mass is 645 g/mol. The molecule has 3 aliphatic rings. The summed E-state index contributed by atoms with van der Waals surface area (Å²) in [5.74, 6) is -1.97. The van der Waals surface area contributed by atoms with Gasteiger partial charge >= 0.3 is 0 Å². The summed E-state index contributed by atoms with van der Waals surface area (Å²) >= 11 is 0. The highest BCUT2D eigenvalue weighted by molar-refractivity contribution is 6.00. The van der Waals surface area contributed by atoms with Gasteiger partial charge in [-0.05, 0) is 62.1 Å². The Morgan fingerprint density at radius 2 is 1.81 bits per heavy atom. The maximum Gasteiger partial charge on any atom is 0.254 e. The minimum absolute atomic E-state index is 0.0521. The summed E-state index contributed by atoms with van der Waals surface area (Å²) in [7, 11) is 2.01. The number of nitrogens with zero attached hydrogens (tertiary/aromatic N) is 5. The summed E-state index contributed by atoms with van der Waals surface area (Å²) in [6.45, 7) is 7.85. The second-order valence-electron chi connectivity index (χ2n) is 14.5. The van der Waals surface area contributed by atoms with Crippen LogP contribution in [0.25, 0.3) is 33.6 Å². The molecule has 1 fully saturated rings. The average Bonchev–Trinajstić information content (AvgIpc) is 3.54. The Labute approximate surface area is 274 Å². The standard InChI is InChI=1S/C36H45F2N7O2/c1-22-27-10-9-24-18-30(45(31(24)41-27)15-8-6-5-7-12-35(2,3)34(47)40-22)32-42-28-19-26-23(17-29(28)43(32)4)11-16-44(33(26)46)21-25-20-36(37,38)13-14-39-25/h9-10,17-19,22,25,39H,5-8,11-16,20-21H2,1-4H3,(H,40,47)/t22-,25-/m1/s1. The number of halogens is 2. The molecular weight excluding hydrogens is 600 g/mol. The van der Waals surface area contributed by atoms with Gasteiger partial charge in [-0.3, -0.25) is 9.59 Å². The first-order valence-corrected chi connectivity index (χ1v) is 17.1. The third-order valence-electron chi connectivity index (χ3n) is 10.5. The Morgan fingerprint density at radius 3 is 2.62 bits per heavy atom. The van der Waals surface area contributed by atoms with E-state index in [0.29, 0.717) is 18.5 Å². The zero-order chi connectivity index (χ0) is 33.1. The number of rotatable bonds is 3. The van der Waals surface area contributed by atoms with Crippen molar-refractivity contribution in [2.75, 3.05) is 19.6 Å². The molecule has 1 aromatic carbocycles. The Balaban J connectivity index is 1.23. The number of nitrogens with one attached hydrogen (secondary N) is 2. The number of amides is 2. The summed E-state index contributed by atoms with van der Waals surface area (Å²) in [6.07, 6.45) is 5.19. The lowest BCUT2D eigenvalue weighted by Crippen LogP contribution is -2.51. The van der Waals surface area contributed by atoms with Gasteiger partial charge in [0.1, 0.15) is 5.65 Å². The van der Waals surface area contributed by atoms with Gasteiger partial charge in [0, 0.05) is 68.5 Å². The van der Waals surface area contributed by atoms with Crippen LogP contribution >= 0.6 is 0 Å². The molecule has 0 aliphatic carbocycles. The SMILES string of the molecule is C[C@H]1NC(=O)C(C)(C)CCCCCCn2c(-c3nc4cc5c(cc4n3C)CCN(C[C@H]3CC(F)(F)CCN3)C5=O)cc3ccc1nc32. The number of piperidine rings is 1. The van der Waals surface area contributed by atoms with E-state index in [-0.39, 0.29) is 43.8 Å². The van der Waals surface area contributed by atoms with Crippen LogP contribution in [0.1, 0.15) is 93.4 Å². The molecule has 7 rings (SSSR count). The second-order valence-corrected chi connectivity index (χ2v) is 14.5. The quantitative estimate of drug-likeness (QED) is 0.279. The van der Waals surface area contributed by atoms with E-state index in [2.05, 4.69) is 38.0 Å². The minimum Gasteiger partial charge on any atom is -0.348 e. The van der Waals surface area contributed by atoms with Gasteiger partial charge in [-0.1, -0.05) is 33.1 Å². The molecule has 6 heterocycles. The number of aromatic nitrogens is 4. The van der Waals surface area contributed by atoms with Crippen molar-refractivity contribution in [1.29, 1.82) is 0 Å². The minimum atomic E-state index is -2.69. The van der Waals surface area contributed by atoms with E-state index in [0.717, 1.165) is 83.5 Å². The van der Waals surface area contributed by atoms with Crippen LogP contribution in [0.5, 0.6) is 0 Å². The average molecular weight is 646 g/mol. The molecule has 0 radical (unpaired) electrons. The van der Waals surface area contributed by atoms with Gasteiger partial charge in [-0.15, -0.1) is 0 Å². The van der Waals surface area contributed by atoms with Gasteiger partial charge in [0.15, 0.2) is 5.82 Å². The molecule has 2 amide bonds. The normalized spacial score (nSPS) is 23.6. The number of pyridine rings is 1. The van der Waals surface area contributed by atoms with Gasteiger partial charge < -0.3 is 24.7 Å². The van der Waals surface area contributed by atoms with Crippen LogP contribution in [0.3, 0.4) is 0 Å². The van der Waals surface area contributed by atoms with Crippen LogP contribution in [0.15, 0.2) is 30.3 Å². The first-order valence-electron chi connectivity index (χ1n) is 17.1. The highest BCUT2D eigenvalue weighted by Crippen LogP contribution is 2.34. The summed E-state index contributed by atoms with van der Waals surface area (Å²) in [4.78, 5) is 38.6. The zero-order valence-corrected chi connectivity index (χ0v) is 27.8. The maximum atomic E-state index is 14.1. The summed E-state index contributed by atoms with van der Waals surface area (Å²) in [6, 6.07) is 9.49. The number of carbonyl (C=O) groups excluding carboxylic acids is 2. The first kappa shape index (κ1) is 31.7. The molecule has 11 heteroatoms. The van der Waals surface area contributed by atoms with Gasteiger partial charge in [-0.2, -0.15) is 0 Å². The Kier molecular flexibility index (Phi) is 8.09. The van der Waals surface area contributed by atoms with E-state index in [4.69, 9.17) is 9.97 Å². The number of hydrogen-bond donors (Lipinski definition) is 2. The molecule has 3 aromatic heterocycles. The molecule has 0 unspecified atom stereocenters. The topological polar surface area (TPSA) is 97.1 Å². The Bertz CT molecular complexity index is 1860. The largest absolute Gasteiger partial charge is 0.348 e. The lowest BCUT2D eigenvalue weighted by atomic mass is 9.85. The van der Waals surface area contributed by atoms with Crippen LogP contribution in [-0.4, -0.2) is 67.4 Å². The number of hydrogen-bond acceptors (Lipinski definition) is 5. The Morgan fingerprint density at radius 1 is 1.00 bits per heavy atom. The van der Waals surface area contributed by atoms with Crippen LogP contribution in [0.2, 0.25) is 0 Å². The molecular formula is C36H45F2N7O2. The van der Waals surface area contributed by atoms with Crippen LogP contribution in [0.4, 0.5) is 8.78 Å². The molecule has 250 valence electrons. The van der Waals surface area contributed by atoms with E-state index in [1.54, 1.807) is 4.90 Å². The van der Waals surface area contributed by atoms with Crippen molar-refractivity contribution in [3.8, 4) is 11.5 Å². The smallest absolute Gasteiger partial charge is 0.254 e. The van der Waals surface area contributed by atoms with E-state index in [9.17, 15) is 18.4 Å². The molecule has 0 saturated carbocycles. The molecule has 1 saturated heterocycles. The third-order valence-corrected chi connectivity index (χ3v) is 10.5. The molecule has 2 N–H and O–H groups in total. The van der Waals surface area contributed by atoms with Gasteiger partial charge in [0.05, 0.1) is 28.5 Å². The fourth-order valence-corrected chi connectivity index (χ4v) is 7.57. The molecule has 9 nitrogen and oxygen atoms in total. The number of benzene rings is 1. The number of fused-ring (bicyclic) bond motifs is 3. The van der Waals surface area contributed by atoms with Crippen LogP contribution in [-0.2, 0) is 24.8 Å². The molecule has 3 aliphatic heterocycles. The Hall–Kier alpha value is -3.86. The highest BCUT2D eigenvalue weighted by atomic mass is 19.3. The number of alkyl halides is 2. The van der Waals surface area contributed by atoms with Crippen LogP contribution in [0, 0.1) is 5.41 Å². The lowest BCUT2D eigenvalue weighted by Gasteiger charge is -2.36. The van der Waals surface area contributed by atoms with Crippen molar-refractivity contribution in [3.63, 3.8) is 0 Å². The van der Waals surface area contributed by atoms with Crippen molar-refractivity contribution in [2.45, 2.75) is 96.7 Å². The number of aryl methyl sites for hydroxylation is 2. The predicted octanol–water partition coefficient (Wildman–Crippen LogP) is 6.14. The fraction of sp³-hybridized carbons (Fsp3) is 0.556. The van der Waals surface area contributed by atoms with Gasteiger partial charge in [-0.25, -0.2) is 18.7 Å². The molecule has 0 spiro atoms. The molecule has 2 atom stereocenters. The van der Waals surface area contributed by atoms with Crippen molar-refractivity contribution in [1.82, 2.24) is 34.6 Å². The fourth-order valence-electron chi connectivity index (χ4n) is 7.57. The molecule has 2 bridgehead atoms. The third kappa shape index (κ3) is 6.03. The molecule has 4 aromatic rings.